The molecule has 1 heterocycles. The maximum Gasteiger partial charge on any atom is 0.0797 e. The fourth-order valence-corrected chi connectivity index (χ4v) is 2.68. The number of thiazole rings is 1. The predicted octanol–water partition coefficient (Wildman–Crippen LogP) is 3.98. The zero-order chi connectivity index (χ0) is 12.8. The quantitative estimate of drug-likeness (QED) is 0.733. The second kappa shape index (κ2) is 6.66. The summed E-state index contributed by atoms with van der Waals surface area (Å²) >= 11 is 1.68. The van der Waals surface area contributed by atoms with Gasteiger partial charge in [0.2, 0.25) is 0 Å². The van der Waals surface area contributed by atoms with Gasteiger partial charge in [-0.05, 0) is 31.7 Å². The van der Waals surface area contributed by atoms with Gasteiger partial charge in [0.05, 0.1) is 17.8 Å². The summed E-state index contributed by atoms with van der Waals surface area (Å²) in [4.78, 5) is 5.53. The third-order valence-corrected chi connectivity index (χ3v) is 3.97. The summed E-state index contributed by atoms with van der Waals surface area (Å²) in [6.45, 7) is 7.63. The molecule has 0 saturated carbocycles. The second-order valence-corrected chi connectivity index (χ2v) is 5.21. The summed E-state index contributed by atoms with van der Waals surface area (Å²) in [6, 6.07) is 10.2. The lowest BCUT2D eigenvalue weighted by Crippen LogP contribution is -2.01. The Kier molecular flexibility index (Phi) is 4.90. The molecule has 3 heteroatoms. The van der Waals surface area contributed by atoms with Crippen molar-refractivity contribution in [2.24, 2.45) is 0 Å². The minimum Gasteiger partial charge on any atom is -0.377 e. The van der Waals surface area contributed by atoms with Crippen molar-refractivity contribution in [1.29, 1.82) is 0 Å². The molecule has 0 aliphatic carbocycles. The monoisotopic (exact) mass is 260 g/mol. The number of benzene rings is 1. The van der Waals surface area contributed by atoms with Gasteiger partial charge >= 0.3 is 0 Å². The van der Waals surface area contributed by atoms with E-state index >= 15 is 0 Å². The molecule has 0 spiro atoms. The lowest BCUT2D eigenvalue weighted by atomic mass is 10.1. The zero-order valence-electron chi connectivity index (χ0n) is 10.6. The van der Waals surface area contributed by atoms with Crippen LogP contribution in [0.3, 0.4) is 0 Å². The summed E-state index contributed by atoms with van der Waals surface area (Å²) in [6.07, 6.45) is 0.940. The average molecular weight is 260 g/mol. The van der Waals surface area contributed by atoms with Crippen LogP contribution in [0.25, 0.3) is 0 Å². The van der Waals surface area contributed by atoms with Gasteiger partial charge in [0.1, 0.15) is 0 Å². The van der Waals surface area contributed by atoms with Crippen LogP contribution >= 0.6 is 11.3 Å². The lowest BCUT2D eigenvalue weighted by Gasteiger charge is -2.10. The molecule has 0 fully saturated rings. The van der Waals surface area contributed by atoms with E-state index in [-0.39, 0.29) is 5.92 Å². The summed E-state index contributed by atoms with van der Waals surface area (Å²) in [5.41, 5.74) is 4.20. The molecule has 1 unspecified atom stereocenters. The van der Waals surface area contributed by atoms with Crippen molar-refractivity contribution in [3.63, 3.8) is 0 Å². The third kappa shape index (κ3) is 3.65. The van der Waals surface area contributed by atoms with E-state index in [1.165, 1.54) is 10.4 Å². The number of hydrogen-bond acceptors (Lipinski definition) is 3. The Balaban J connectivity index is 1.71. The Bertz CT molecular complexity index is 466. The molecule has 0 aliphatic rings. The average Bonchev–Trinajstić information content (AvgIpc) is 2.82. The zero-order valence-corrected chi connectivity index (χ0v) is 11.5. The fraction of sp³-hybridized carbons (Fsp3) is 0.333. The number of hydrogen-bond donors (Lipinski definition) is 0. The highest BCUT2D eigenvalue weighted by Gasteiger charge is 2.10. The Morgan fingerprint density at radius 2 is 2.11 bits per heavy atom. The van der Waals surface area contributed by atoms with Crippen LogP contribution in [0.4, 0.5) is 0 Å². The van der Waals surface area contributed by atoms with Crippen LogP contribution in [0.2, 0.25) is 0 Å². The molecule has 1 aromatic heterocycles. The first-order valence-corrected chi connectivity index (χ1v) is 7.00. The molecule has 0 amide bonds. The minimum atomic E-state index is 0.285. The number of aryl methyl sites for hydroxylation is 1. The Labute approximate surface area is 113 Å². The molecule has 18 heavy (non-hydrogen) atoms. The SMILES string of the molecule is [CH2]C(CCOCc1ccccc1)c1scnc1C. The van der Waals surface area contributed by atoms with Crippen molar-refractivity contribution in [3.05, 3.63) is 58.9 Å². The van der Waals surface area contributed by atoms with E-state index in [2.05, 4.69) is 24.0 Å². The smallest absolute Gasteiger partial charge is 0.0797 e. The van der Waals surface area contributed by atoms with Crippen LogP contribution in [0.5, 0.6) is 0 Å². The highest BCUT2D eigenvalue weighted by molar-refractivity contribution is 7.09. The molecule has 0 aliphatic heterocycles. The molecule has 95 valence electrons. The maximum absolute atomic E-state index is 5.67. The molecule has 0 bridgehead atoms. The van der Waals surface area contributed by atoms with Gasteiger partial charge in [0, 0.05) is 11.5 Å². The van der Waals surface area contributed by atoms with Gasteiger partial charge in [-0.3, -0.25) is 0 Å². The normalized spacial score (nSPS) is 12.6. The molecule has 0 N–H and O–H groups in total. The molecular formula is C15H18NOS. The molecule has 1 radical (unpaired) electrons. The van der Waals surface area contributed by atoms with Gasteiger partial charge in [-0.2, -0.15) is 0 Å². The van der Waals surface area contributed by atoms with Gasteiger partial charge in [0.25, 0.3) is 0 Å². The summed E-state index contributed by atoms with van der Waals surface area (Å²) in [5, 5.41) is 0. The number of nitrogens with zero attached hydrogens (tertiary/aromatic N) is 1. The first-order chi connectivity index (χ1) is 8.77. The van der Waals surface area contributed by atoms with Crippen molar-refractivity contribution in [3.8, 4) is 0 Å². The van der Waals surface area contributed by atoms with Gasteiger partial charge in [-0.1, -0.05) is 30.3 Å². The number of rotatable bonds is 6. The van der Waals surface area contributed by atoms with Crippen LogP contribution in [0.15, 0.2) is 35.8 Å². The van der Waals surface area contributed by atoms with Crippen LogP contribution in [-0.4, -0.2) is 11.6 Å². The van der Waals surface area contributed by atoms with Crippen molar-refractivity contribution >= 4 is 11.3 Å². The highest BCUT2D eigenvalue weighted by atomic mass is 32.1. The lowest BCUT2D eigenvalue weighted by molar-refractivity contribution is 0.116. The van der Waals surface area contributed by atoms with E-state index in [1.54, 1.807) is 11.3 Å². The molecule has 0 saturated heterocycles. The Morgan fingerprint density at radius 3 is 2.78 bits per heavy atom. The molecule has 2 aromatic rings. The fourth-order valence-electron chi connectivity index (χ4n) is 1.82. The molecular weight excluding hydrogens is 242 g/mol. The second-order valence-electron chi connectivity index (χ2n) is 4.33. The van der Waals surface area contributed by atoms with Gasteiger partial charge in [0.15, 0.2) is 0 Å². The Morgan fingerprint density at radius 1 is 1.33 bits per heavy atom. The van der Waals surface area contributed by atoms with E-state index in [0.29, 0.717) is 6.61 Å². The first-order valence-electron chi connectivity index (χ1n) is 6.12. The minimum absolute atomic E-state index is 0.285. The summed E-state index contributed by atoms with van der Waals surface area (Å²) in [7, 11) is 0. The van der Waals surface area contributed by atoms with Gasteiger partial charge < -0.3 is 4.74 Å². The van der Waals surface area contributed by atoms with E-state index in [0.717, 1.165) is 18.7 Å². The van der Waals surface area contributed by atoms with Crippen LogP contribution in [-0.2, 0) is 11.3 Å². The van der Waals surface area contributed by atoms with Crippen molar-refractivity contribution in [2.45, 2.75) is 25.9 Å². The van der Waals surface area contributed by atoms with Crippen molar-refractivity contribution < 1.29 is 4.74 Å². The maximum atomic E-state index is 5.67. The summed E-state index contributed by atoms with van der Waals surface area (Å²) < 4.78 is 5.67. The largest absolute Gasteiger partial charge is 0.377 e. The number of ether oxygens (including phenoxy) is 1. The third-order valence-electron chi connectivity index (χ3n) is 2.88. The molecule has 1 aromatic carbocycles. The first kappa shape index (κ1) is 13.2. The van der Waals surface area contributed by atoms with Crippen LogP contribution < -0.4 is 0 Å². The van der Waals surface area contributed by atoms with Crippen molar-refractivity contribution in [2.75, 3.05) is 6.61 Å². The molecule has 1 atom stereocenters. The van der Waals surface area contributed by atoms with Gasteiger partial charge in [-0.15, -0.1) is 11.3 Å². The Hall–Kier alpha value is -1.19. The molecule has 2 nitrogen and oxygen atoms in total. The topological polar surface area (TPSA) is 22.1 Å². The standard InChI is InChI=1S/C15H18NOS/c1-12(15-13(2)16-11-18-15)8-9-17-10-14-6-4-3-5-7-14/h3-7,11-12H,1,8-10H2,2H3. The highest BCUT2D eigenvalue weighted by Crippen LogP contribution is 2.25. The van der Waals surface area contributed by atoms with E-state index < -0.39 is 0 Å². The van der Waals surface area contributed by atoms with E-state index in [1.807, 2.05) is 30.6 Å². The van der Waals surface area contributed by atoms with Crippen molar-refractivity contribution in [1.82, 2.24) is 4.98 Å². The van der Waals surface area contributed by atoms with Crippen LogP contribution in [0, 0.1) is 13.8 Å². The van der Waals surface area contributed by atoms with E-state index in [9.17, 15) is 0 Å². The number of aromatic nitrogens is 1. The summed E-state index contributed by atoms with van der Waals surface area (Å²) in [5.74, 6) is 0.285. The van der Waals surface area contributed by atoms with Crippen LogP contribution in [0.1, 0.15) is 28.5 Å². The predicted molar refractivity (Wildman–Crippen MR) is 75.7 cm³/mol. The van der Waals surface area contributed by atoms with E-state index in [4.69, 9.17) is 4.74 Å². The van der Waals surface area contributed by atoms with Gasteiger partial charge in [-0.25, -0.2) is 4.98 Å². The molecule has 2 rings (SSSR count).